The van der Waals surface area contributed by atoms with Crippen LogP contribution in [0.3, 0.4) is 0 Å². The van der Waals surface area contributed by atoms with Crippen LogP contribution < -0.4 is 5.48 Å². The molecule has 0 saturated carbocycles. The van der Waals surface area contributed by atoms with Crippen molar-refractivity contribution in [2.24, 2.45) is 7.05 Å². The van der Waals surface area contributed by atoms with E-state index < -0.39 is 0 Å². The molecule has 0 bridgehead atoms. The van der Waals surface area contributed by atoms with Crippen molar-refractivity contribution in [3.05, 3.63) is 17.5 Å². The van der Waals surface area contributed by atoms with E-state index in [1.807, 2.05) is 45.5 Å². The Morgan fingerprint density at radius 1 is 1.50 bits per heavy atom. The Hall–Kier alpha value is -0.870. The molecule has 0 spiro atoms. The summed E-state index contributed by atoms with van der Waals surface area (Å²) in [5.74, 6) is 0. The minimum atomic E-state index is -0.159. The lowest BCUT2D eigenvalue weighted by atomic mass is 10.2. The summed E-state index contributed by atoms with van der Waals surface area (Å²) >= 11 is 0. The van der Waals surface area contributed by atoms with Crippen molar-refractivity contribution in [1.29, 1.82) is 0 Å². The first-order valence-corrected chi connectivity index (χ1v) is 4.79. The second-order valence-corrected chi connectivity index (χ2v) is 4.44. The zero-order valence-electron chi connectivity index (χ0n) is 9.59. The van der Waals surface area contributed by atoms with E-state index in [1.165, 1.54) is 0 Å². The van der Waals surface area contributed by atoms with Gasteiger partial charge in [0.15, 0.2) is 0 Å². The minimum Gasteiger partial charge on any atom is -0.296 e. The number of aromatic nitrogens is 2. The van der Waals surface area contributed by atoms with Crippen LogP contribution in [-0.4, -0.2) is 15.4 Å². The average molecular weight is 197 g/mol. The molecule has 1 aromatic rings. The van der Waals surface area contributed by atoms with Gasteiger partial charge < -0.3 is 0 Å². The Bertz CT molecular complexity index is 299. The van der Waals surface area contributed by atoms with Gasteiger partial charge in [-0.2, -0.15) is 10.6 Å². The van der Waals surface area contributed by atoms with E-state index in [2.05, 4.69) is 10.6 Å². The van der Waals surface area contributed by atoms with Crippen molar-refractivity contribution in [3.8, 4) is 0 Å². The van der Waals surface area contributed by atoms with Crippen LogP contribution in [0, 0.1) is 6.92 Å². The maximum Gasteiger partial charge on any atom is 0.0813 e. The molecule has 80 valence electrons. The summed E-state index contributed by atoms with van der Waals surface area (Å²) in [4.78, 5) is 5.41. The number of nitrogens with zero attached hydrogens (tertiary/aromatic N) is 2. The van der Waals surface area contributed by atoms with Gasteiger partial charge in [0.05, 0.1) is 23.5 Å². The van der Waals surface area contributed by atoms with E-state index in [0.717, 1.165) is 11.4 Å². The first kappa shape index (κ1) is 11.2. The summed E-state index contributed by atoms with van der Waals surface area (Å²) in [5.41, 5.74) is 4.92. The molecule has 0 aliphatic rings. The van der Waals surface area contributed by atoms with E-state index in [9.17, 15) is 0 Å². The molecule has 1 aromatic heterocycles. The van der Waals surface area contributed by atoms with Crippen LogP contribution in [0.15, 0.2) is 6.07 Å². The summed E-state index contributed by atoms with van der Waals surface area (Å²) in [7, 11) is 1.93. The largest absolute Gasteiger partial charge is 0.296 e. The molecular formula is C10H19N3O. The Morgan fingerprint density at radius 2 is 2.14 bits per heavy atom. The molecule has 0 aromatic carbocycles. The molecule has 4 nitrogen and oxygen atoms in total. The number of nitrogens with one attached hydrogen (secondary N) is 1. The third-order valence-corrected chi connectivity index (χ3v) is 1.73. The monoisotopic (exact) mass is 197 g/mol. The third-order valence-electron chi connectivity index (χ3n) is 1.73. The molecule has 0 aliphatic carbocycles. The molecule has 4 heteroatoms. The van der Waals surface area contributed by atoms with Gasteiger partial charge in [0.2, 0.25) is 0 Å². The molecule has 0 atom stereocenters. The van der Waals surface area contributed by atoms with Crippen LogP contribution >= 0.6 is 0 Å². The Labute approximate surface area is 85.2 Å². The van der Waals surface area contributed by atoms with Gasteiger partial charge >= 0.3 is 0 Å². The van der Waals surface area contributed by atoms with Gasteiger partial charge in [-0.15, -0.1) is 0 Å². The molecule has 0 saturated heterocycles. The topological polar surface area (TPSA) is 39.1 Å². The smallest absolute Gasteiger partial charge is 0.0813 e. The molecule has 14 heavy (non-hydrogen) atoms. The summed E-state index contributed by atoms with van der Waals surface area (Å²) in [6.45, 7) is 8.68. The van der Waals surface area contributed by atoms with E-state index in [4.69, 9.17) is 4.84 Å². The van der Waals surface area contributed by atoms with Gasteiger partial charge in [-0.1, -0.05) is 0 Å². The van der Waals surface area contributed by atoms with Crippen molar-refractivity contribution in [2.45, 2.75) is 39.8 Å². The molecule has 0 unspecified atom stereocenters. The SMILES string of the molecule is Cc1cc(CNOC(C)(C)C)n(C)n1. The zero-order chi connectivity index (χ0) is 10.8. The van der Waals surface area contributed by atoms with Crippen molar-refractivity contribution in [1.82, 2.24) is 15.3 Å². The summed E-state index contributed by atoms with van der Waals surface area (Å²) in [6, 6.07) is 2.04. The predicted octanol–water partition coefficient (Wildman–Crippen LogP) is 1.55. The number of rotatable bonds is 3. The average Bonchev–Trinajstić information content (AvgIpc) is 2.27. The fourth-order valence-electron chi connectivity index (χ4n) is 1.16. The van der Waals surface area contributed by atoms with Crippen LogP contribution in [0.5, 0.6) is 0 Å². The van der Waals surface area contributed by atoms with Gasteiger partial charge in [0, 0.05) is 7.05 Å². The first-order valence-electron chi connectivity index (χ1n) is 4.79. The van der Waals surface area contributed by atoms with Crippen LogP contribution in [0.2, 0.25) is 0 Å². The molecule has 1 rings (SSSR count). The highest BCUT2D eigenvalue weighted by atomic mass is 16.7. The molecule has 0 fully saturated rings. The Morgan fingerprint density at radius 3 is 2.57 bits per heavy atom. The lowest BCUT2D eigenvalue weighted by Crippen LogP contribution is -2.29. The van der Waals surface area contributed by atoms with Gasteiger partial charge in [-0.3, -0.25) is 9.52 Å². The standard InChI is InChI=1S/C10H19N3O/c1-8-6-9(13(5)12-8)7-11-14-10(2,3)4/h6,11H,7H2,1-5H3. The van der Waals surface area contributed by atoms with Crippen molar-refractivity contribution >= 4 is 0 Å². The van der Waals surface area contributed by atoms with E-state index in [0.29, 0.717) is 6.54 Å². The normalized spacial score (nSPS) is 12.1. The van der Waals surface area contributed by atoms with Gasteiger partial charge in [-0.25, -0.2) is 0 Å². The highest BCUT2D eigenvalue weighted by Gasteiger charge is 2.10. The zero-order valence-corrected chi connectivity index (χ0v) is 9.59. The summed E-state index contributed by atoms with van der Waals surface area (Å²) in [5, 5.41) is 4.25. The van der Waals surface area contributed by atoms with Gasteiger partial charge in [0.25, 0.3) is 0 Å². The predicted molar refractivity (Wildman–Crippen MR) is 55.6 cm³/mol. The second-order valence-electron chi connectivity index (χ2n) is 4.44. The Balaban J connectivity index is 2.42. The van der Waals surface area contributed by atoms with E-state index in [-0.39, 0.29) is 5.60 Å². The highest BCUT2D eigenvalue weighted by Crippen LogP contribution is 2.05. The van der Waals surface area contributed by atoms with Crippen LogP contribution in [0.4, 0.5) is 0 Å². The number of hydroxylamine groups is 1. The lowest BCUT2D eigenvalue weighted by molar-refractivity contribution is -0.0764. The maximum absolute atomic E-state index is 5.41. The first-order chi connectivity index (χ1) is 6.38. The van der Waals surface area contributed by atoms with Crippen molar-refractivity contribution in [3.63, 3.8) is 0 Å². The van der Waals surface area contributed by atoms with Gasteiger partial charge in [-0.05, 0) is 33.8 Å². The quantitative estimate of drug-likeness (QED) is 0.747. The summed E-state index contributed by atoms with van der Waals surface area (Å²) in [6.07, 6.45) is 0. The molecule has 0 aliphatic heterocycles. The van der Waals surface area contributed by atoms with Gasteiger partial charge in [0.1, 0.15) is 0 Å². The Kier molecular flexibility index (Phi) is 3.29. The van der Waals surface area contributed by atoms with Crippen LogP contribution in [0.1, 0.15) is 32.2 Å². The molecule has 1 N–H and O–H groups in total. The second kappa shape index (κ2) is 4.11. The van der Waals surface area contributed by atoms with E-state index >= 15 is 0 Å². The maximum atomic E-state index is 5.41. The molecule has 0 amide bonds. The van der Waals surface area contributed by atoms with Crippen molar-refractivity contribution < 1.29 is 4.84 Å². The fraction of sp³-hybridized carbons (Fsp3) is 0.700. The fourth-order valence-corrected chi connectivity index (χ4v) is 1.16. The number of hydrogen-bond donors (Lipinski definition) is 1. The molecular weight excluding hydrogens is 178 g/mol. The number of aryl methyl sites for hydroxylation is 2. The number of hydrogen-bond acceptors (Lipinski definition) is 3. The highest BCUT2D eigenvalue weighted by molar-refractivity contribution is 5.07. The molecule has 0 radical (unpaired) electrons. The minimum absolute atomic E-state index is 0.159. The van der Waals surface area contributed by atoms with Crippen LogP contribution in [-0.2, 0) is 18.4 Å². The van der Waals surface area contributed by atoms with E-state index in [1.54, 1.807) is 0 Å². The van der Waals surface area contributed by atoms with Crippen molar-refractivity contribution in [2.75, 3.05) is 0 Å². The third kappa shape index (κ3) is 3.47. The lowest BCUT2D eigenvalue weighted by Gasteiger charge is -2.19. The summed E-state index contributed by atoms with van der Waals surface area (Å²) < 4.78 is 1.86. The van der Waals surface area contributed by atoms with Crippen LogP contribution in [0.25, 0.3) is 0 Å². The molecule has 1 heterocycles.